The van der Waals surface area contributed by atoms with Gasteiger partial charge in [0.25, 0.3) is 5.91 Å². The third-order valence-electron chi connectivity index (χ3n) is 2.86. The average molecular weight is 251 g/mol. The maximum absolute atomic E-state index is 11.8. The van der Waals surface area contributed by atoms with Gasteiger partial charge in [-0.15, -0.1) is 0 Å². The number of hydrogen-bond acceptors (Lipinski definition) is 3. The second kappa shape index (κ2) is 6.23. The van der Waals surface area contributed by atoms with Gasteiger partial charge < -0.3 is 15.1 Å². The molecule has 0 unspecified atom stereocenters. The van der Waals surface area contributed by atoms with E-state index in [0.717, 1.165) is 13.0 Å². The molecule has 0 spiro atoms. The average Bonchev–Trinajstić information content (AvgIpc) is 2.32. The zero-order valence-corrected chi connectivity index (χ0v) is 11.3. The Bertz CT molecular complexity index is 388. The van der Waals surface area contributed by atoms with Crippen LogP contribution >= 0.6 is 0 Å². The number of carbonyl (C=O) groups excluding carboxylic acids is 2. The summed E-state index contributed by atoms with van der Waals surface area (Å²) < 4.78 is 0. The molecule has 18 heavy (non-hydrogen) atoms. The molecule has 1 N–H and O–H groups in total. The van der Waals surface area contributed by atoms with Gasteiger partial charge in [-0.1, -0.05) is 13.5 Å². The van der Waals surface area contributed by atoms with Crippen LogP contribution in [-0.2, 0) is 9.59 Å². The number of carbonyl (C=O) groups is 2. The van der Waals surface area contributed by atoms with Crippen molar-refractivity contribution < 1.29 is 9.59 Å². The highest BCUT2D eigenvalue weighted by Gasteiger charge is 2.18. The molecule has 0 fully saturated rings. The van der Waals surface area contributed by atoms with E-state index in [1.807, 2.05) is 6.92 Å². The quantitative estimate of drug-likeness (QED) is 0.794. The predicted molar refractivity (Wildman–Crippen MR) is 70.3 cm³/mol. The highest BCUT2D eigenvalue weighted by atomic mass is 16.2. The minimum Gasteiger partial charge on any atom is -0.346 e. The third-order valence-corrected chi connectivity index (χ3v) is 2.86. The first-order valence-corrected chi connectivity index (χ1v) is 6.15. The molecule has 0 radical (unpaired) electrons. The lowest BCUT2D eigenvalue weighted by Gasteiger charge is -2.28. The Morgan fingerprint density at radius 3 is 2.83 bits per heavy atom. The van der Waals surface area contributed by atoms with Crippen molar-refractivity contribution in [3.63, 3.8) is 0 Å². The summed E-state index contributed by atoms with van der Waals surface area (Å²) >= 11 is 0. The summed E-state index contributed by atoms with van der Waals surface area (Å²) in [6.07, 6.45) is 3.09. The largest absolute Gasteiger partial charge is 0.346 e. The van der Waals surface area contributed by atoms with Crippen LogP contribution < -0.4 is 5.32 Å². The Labute approximate surface area is 108 Å². The second-order valence-corrected chi connectivity index (χ2v) is 4.47. The maximum Gasteiger partial charge on any atom is 0.253 e. The maximum atomic E-state index is 11.8. The van der Waals surface area contributed by atoms with E-state index in [0.29, 0.717) is 24.4 Å². The highest BCUT2D eigenvalue weighted by Crippen LogP contribution is 2.11. The van der Waals surface area contributed by atoms with Gasteiger partial charge in [-0.25, -0.2) is 0 Å². The molecule has 1 heterocycles. The molecule has 0 saturated heterocycles. The van der Waals surface area contributed by atoms with Gasteiger partial charge in [-0.2, -0.15) is 0 Å². The van der Waals surface area contributed by atoms with Crippen molar-refractivity contribution in [3.8, 4) is 0 Å². The van der Waals surface area contributed by atoms with Gasteiger partial charge in [-0.3, -0.25) is 9.59 Å². The Balaban J connectivity index is 2.51. The van der Waals surface area contributed by atoms with Crippen molar-refractivity contribution in [1.29, 1.82) is 0 Å². The van der Waals surface area contributed by atoms with Gasteiger partial charge in [-0.05, 0) is 13.3 Å². The molecule has 1 rings (SSSR count). The Morgan fingerprint density at radius 1 is 1.56 bits per heavy atom. The van der Waals surface area contributed by atoms with Crippen LogP contribution in [0.1, 0.15) is 26.7 Å². The fraction of sp³-hybridized carbons (Fsp3) is 0.538. The highest BCUT2D eigenvalue weighted by molar-refractivity contribution is 5.94. The standard InChI is InChI=1S/C13H21N3O2/c1-5-7-15(4)12(17)6-8-16-9-10(2)13(18)14-11(16)3/h9H,3,5-8H2,1-2,4H3,(H,14,18). The van der Waals surface area contributed by atoms with Crippen LogP contribution in [0.4, 0.5) is 0 Å². The summed E-state index contributed by atoms with van der Waals surface area (Å²) in [6.45, 7) is 8.84. The summed E-state index contributed by atoms with van der Waals surface area (Å²) in [6, 6.07) is 0. The molecule has 5 nitrogen and oxygen atoms in total. The predicted octanol–water partition coefficient (Wildman–Crippen LogP) is 1.05. The van der Waals surface area contributed by atoms with Crippen LogP contribution in [-0.4, -0.2) is 41.8 Å². The monoisotopic (exact) mass is 251 g/mol. The molecular weight excluding hydrogens is 230 g/mol. The molecule has 0 aromatic heterocycles. The number of hydrogen-bond donors (Lipinski definition) is 1. The van der Waals surface area contributed by atoms with Crippen LogP contribution in [0.3, 0.4) is 0 Å². The van der Waals surface area contributed by atoms with Crippen molar-refractivity contribution in [2.24, 2.45) is 0 Å². The lowest BCUT2D eigenvalue weighted by atomic mass is 10.2. The van der Waals surface area contributed by atoms with Crippen molar-refractivity contribution in [2.45, 2.75) is 26.7 Å². The molecule has 100 valence electrons. The fourth-order valence-electron chi connectivity index (χ4n) is 1.74. The van der Waals surface area contributed by atoms with Gasteiger partial charge in [0.2, 0.25) is 5.91 Å². The van der Waals surface area contributed by atoms with Crippen LogP contribution in [0, 0.1) is 0 Å². The van der Waals surface area contributed by atoms with Crippen LogP contribution in [0.2, 0.25) is 0 Å². The molecule has 1 aliphatic rings. The van der Waals surface area contributed by atoms with E-state index in [1.54, 1.807) is 30.0 Å². The van der Waals surface area contributed by atoms with E-state index in [-0.39, 0.29) is 11.8 Å². The van der Waals surface area contributed by atoms with E-state index < -0.39 is 0 Å². The molecule has 0 atom stereocenters. The summed E-state index contributed by atoms with van der Waals surface area (Å²) in [4.78, 5) is 26.7. The molecule has 1 aliphatic heterocycles. The van der Waals surface area contributed by atoms with Crippen LogP contribution in [0.25, 0.3) is 0 Å². The van der Waals surface area contributed by atoms with Gasteiger partial charge in [0.05, 0.1) is 0 Å². The molecule has 0 aromatic carbocycles. The second-order valence-electron chi connectivity index (χ2n) is 4.47. The molecule has 0 aromatic rings. The van der Waals surface area contributed by atoms with E-state index >= 15 is 0 Å². The van der Waals surface area contributed by atoms with E-state index in [9.17, 15) is 9.59 Å². The minimum atomic E-state index is -0.134. The van der Waals surface area contributed by atoms with E-state index in [4.69, 9.17) is 0 Å². The number of rotatable bonds is 5. The summed E-state index contributed by atoms with van der Waals surface area (Å²) in [5.41, 5.74) is 0.622. The van der Waals surface area contributed by atoms with Crippen LogP contribution in [0.5, 0.6) is 0 Å². The van der Waals surface area contributed by atoms with Crippen LogP contribution in [0.15, 0.2) is 24.2 Å². The zero-order chi connectivity index (χ0) is 13.7. The normalized spacial score (nSPS) is 15.3. The Kier molecular flexibility index (Phi) is 4.95. The number of nitrogens with zero attached hydrogens (tertiary/aromatic N) is 2. The lowest BCUT2D eigenvalue weighted by molar-refractivity contribution is -0.130. The summed E-state index contributed by atoms with van der Waals surface area (Å²) in [5, 5.41) is 2.66. The molecule has 0 aliphatic carbocycles. The minimum absolute atomic E-state index is 0.104. The topological polar surface area (TPSA) is 52.7 Å². The third kappa shape index (κ3) is 3.61. The van der Waals surface area contributed by atoms with Crippen molar-refractivity contribution in [1.82, 2.24) is 15.1 Å². The molecule has 5 heteroatoms. The first-order chi connectivity index (χ1) is 8.45. The SMILES string of the molecule is C=C1NC(=O)C(C)=CN1CCC(=O)N(C)CCC. The van der Waals surface area contributed by atoms with Crippen molar-refractivity contribution in [2.75, 3.05) is 20.1 Å². The van der Waals surface area contributed by atoms with Crippen molar-refractivity contribution in [3.05, 3.63) is 24.2 Å². The summed E-state index contributed by atoms with van der Waals surface area (Å²) in [7, 11) is 1.81. The molecule has 0 saturated carbocycles. The Hall–Kier alpha value is -1.78. The van der Waals surface area contributed by atoms with E-state index in [1.165, 1.54) is 0 Å². The molecular formula is C13H21N3O2. The smallest absolute Gasteiger partial charge is 0.253 e. The number of nitrogens with one attached hydrogen (secondary N) is 1. The van der Waals surface area contributed by atoms with Gasteiger partial charge in [0.15, 0.2) is 0 Å². The van der Waals surface area contributed by atoms with Crippen molar-refractivity contribution >= 4 is 11.8 Å². The van der Waals surface area contributed by atoms with E-state index in [2.05, 4.69) is 11.9 Å². The van der Waals surface area contributed by atoms with Gasteiger partial charge in [0.1, 0.15) is 5.82 Å². The first kappa shape index (κ1) is 14.3. The lowest BCUT2D eigenvalue weighted by Crippen LogP contribution is -2.39. The fourth-order valence-corrected chi connectivity index (χ4v) is 1.74. The summed E-state index contributed by atoms with van der Waals surface area (Å²) in [5.74, 6) is 0.495. The van der Waals surface area contributed by atoms with Gasteiger partial charge >= 0.3 is 0 Å². The first-order valence-electron chi connectivity index (χ1n) is 6.15. The van der Waals surface area contributed by atoms with Gasteiger partial charge in [0, 0.05) is 38.3 Å². The molecule has 0 bridgehead atoms. The zero-order valence-electron chi connectivity index (χ0n) is 11.3. The Morgan fingerprint density at radius 2 is 2.22 bits per heavy atom. The number of amides is 2. The molecule has 2 amide bonds.